The zero-order valence-electron chi connectivity index (χ0n) is 14.7. The summed E-state index contributed by atoms with van der Waals surface area (Å²) in [6.45, 7) is 2.34. The van der Waals surface area contributed by atoms with Gasteiger partial charge in [0, 0.05) is 56.5 Å². The molecule has 7 nitrogen and oxygen atoms in total. The summed E-state index contributed by atoms with van der Waals surface area (Å²) in [5.41, 5.74) is 2.25. The molecule has 0 saturated carbocycles. The Kier molecular flexibility index (Phi) is 4.20. The van der Waals surface area contributed by atoms with Crippen LogP contribution < -0.4 is 0 Å². The van der Waals surface area contributed by atoms with Gasteiger partial charge in [0.25, 0.3) is 11.8 Å². The number of rotatable bonds is 2. The van der Waals surface area contributed by atoms with Crippen LogP contribution in [0.5, 0.6) is 0 Å². The van der Waals surface area contributed by atoms with Crippen LogP contribution in [0.3, 0.4) is 0 Å². The Morgan fingerprint density at radius 3 is 2.46 bits per heavy atom. The molecule has 0 atom stereocenters. The molecule has 26 heavy (non-hydrogen) atoms. The van der Waals surface area contributed by atoms with Gasteiger partial charge >= 0.3 is 0 Å². The molecule has 3 aromatic rings. The molecule has 0 aliphatic carbocycles. The number of nitrogens with one attached hydrogen (secondary N) is 1. The first-order chi connectivity index (χ1) is 12.6. The highest BCUT2D eigenvalue weighted by Gasteiger charge is 2.25. The third-order valence-corrected chi connectivity index (χ3v) is 4.93. The lowest BCUT2D eigenvalue weighted by Gasteiger charge is -2.21. The van der Waals surface area contributed by atoms with Crippen LogP contribution in [0.4, 0.5) is 0 Å². The van der Waals surface area contributed by atoms with E-state index >= 15 is 0 Å². The van der Waals surface area contributed by atoms with E-state index in [1.54, 1.807) is 17.2 Å². The number of aromatic amines is 1. The third-order valence-electron chi connectivity index (χ3n) is 4.93. The summed E-state index contributed by atoms with van der Waals surface area (Å²) in [6.07, 6.45) is 4.23. The van der Waals surface area contributed by atoms with Crippen LogP contribution in [0, 0.1) is 0 Å². The van der Waals surface area contributed by atoms with Gasteiger partial charge in [-0.3, -0.25) is 14.7 Å². The Hall–Kier alpha value is -3.09. The van der Waals surface area contributed by atoms with Gasteiger partial charge in [-0.25, -0.2) is 0 Å². The van der Waals surface area contributed by atoms with E-state index in [0.29, 0.717) is 31.9 Å². The number of carbonyl (C=O) groups is 2. The highest BCUT2D eigenvalue weighted by atomic mass is 16.2. The second-order valence-electron chi connectivity index (χ2n) is 6.58. The first kappa shape index (κ1) is 16.4. The number of fused-ring (bicyclic) bond motifs is 1. The minimum atomic E-state index is -0.0676. The fourth-order valence-corrected chi connectivity index (χ4v) is 3.55. The van der Waals surface area contributed by atoms with Gasteiger partial charge in [-0.05, 0) is 18.6 Å². The maximum atomic E-state index is 13.1. The Balaban J connectivity index is 1.52. The molecular formula is C19H21N5O2. The second-order valence-corrected chi connectivity index (χ2v) is 6.58. The van der Waals surface area contributed by atoms with E-state index in [-0.39, 0.29) is 11.8 Å². The van der Waals surface area contributed by atoms with Gasteiger partial charge in [0.1, 0.15) is 5.69 Å². The smallest absolute Gasteiger partial charge is 0.271 e. The van der Waals surface area contributed by atoms with Crippen molar-refractivity contribution in [2.45, 2.75) is 6.42 Å². The minimum Gasteiger partial charge on any atom is -0.350 e. The molecule has 2 amide bonds. The lowest BCUT2D eigenvalue weighted by Crippen LogP contribution is -2.37. The number of H-pyrrole nitrogens is 1. The molecule has 0 spiro atoms. The van der Waals surface area contributed by atoms with Crippen LogP contribution in [0.2, 0.25) is 0 Å². The number of carbonyl (C=O) groups excluding carboxylic acids is 2. The molecular weight excluding hydrogens is 330 g/mol. The molecule has 1 fully saturated rings. The lowest BCUT2D eigenvalue weighted by atomic mass is 10.1. The topological polar surface area (TPSA) is 74.2 Å². The van der Waals surface area contributed by atoms with E-state index < -0.39 is 0 Å². The van der Waals surface area contributed by atoms with E-state index in [1.165, 1.54) is 0 Å². The van der Waals surface area contributed by atoms with Crippen molar-refractivity contribution in [3.8, 4) is 0 Å². The first-order valence-corrected chi connectivity index (χ1v) is 8.77. The molecule has 1 aromatic carbocycles. The van der Waals surface area contributed by atoms with Crippen molar-refractivity contribution >= 4 is 22.7 Å². The van der Waals surface area contributed by atoms with Crippen molar-refractivity contribution in [3.63, 3.8) is 0 Å². The summed E-state index contributed by atoms with van der Waals surface area (Å²) in [6, 6.07) is 9.59. The quantitative estimate of drug-likeness (QED) is 0.766. The predicted octanol–water partition coefficient (Wildman–Crippen LogP) is 1.89. The number of para-hydroxylation sites is 1. The zero-order chi connectivity index (χ0) is 18.1. The molecule has 1 N–H and O–H groups in total. The van der Waals surface area contributed by atoms with Crippen LogP contribution in [0.25, 0.3) is 10.9 Å². The molecule has 3 heterocycles. The van der Waals surface area contributed by atoms with E-state index in [0.717, 1.165) is 22.9 Å². The normalized spacial score (nSPS) is 15.3. The molecule has 1 saturated heterocycles. The van der Waals surface area contributed by atoms with Crippen LogP contribution in [0.1, 0.15) is 27.3 Å². The summed E-state index contributed by atoms with van der Waals surface area (Å²) in [5.74, 6) is -0.0420. The number of nitrogens with zero attached hydrogens (tertiary/aromatic N) is 4. The van der Waals surface area contributed by atoms with Crippen molar-refractivity contribution < 1.29 is 9.59 Å². The van der Waals surface area contributed by atoms with Crippen molar-refractivity contribution in [2.24, 2.45) is 7.05 Å². The number of benzene rings is 1. The molecule has 4 rings (SSSR count). The van der Waals surface area contributed by atoms with E-state index in [2.05, 4.69) is 10.2 Å². The van der Waals surface area contributed by atoms with E-state index in [4.69, 9.17) is 0 Å². The number of hydrogen-bond acceptors (Lipinski definition) is 3. The van der Waals surface area contributed by atoms with Gasteiger partial charge in [-0.15, -0.1) is 0 Å². The Morgan fingerprint density at radius 2 is 1.73 bits per heavy atom. The minimum absolute atomic E-state index is 0.0256. The van der Waals surface area contributed by atoms with Crippen molar-refractivity contribution in [3.05, 3.63) is 54.0 Å². The monoisotopic (exact) mass is 351 g/mol. The van der Waals surface area contributed by atoms with E-state index in [1.807, 2.05) is 47.0 Å². The maximum Gasteiger partial charge on any atom is 0.271 e. The molecule has 1 aliphatic rings. The average Bonchev–Trinajstić information content (AvgIpc) is 3.23. The molecule has 0 radical (unpaired) electrons. The summed E-state index contributed by atoms with van der Waals surface area (Å²) < 4.78 is 1.98. The summed E-state index contributed by atoms with van der Waals surface area (Å²) in [7, 11) is 1.95. The van der Waals surface area contributed by atoms with Crippen LogP contribution in [-0.2, 0) is 7.05 Å². The maximum absolute atomic E-state index is 13.1. The standard InChI is InChI=1S/C19H21N5O2/c1-22-13-15(14-5-2-3-6-17(14)22)18(25)23-9-4-10-24(12-11-23)19(26)16-7-8-20-21-16/h2-3,5-8,13H,4,9-12H2,1H3,(H,20,21). The summed E-state index contributed by atoms with van der Waals surface area (Å²) >= 11 is 0. The van der Waals surface area contributed by atoms with E-state index in [9.17, 15) is 9.59 Å². The summed E-state index contributed by atoms with van der Waals surface area (Å²) in [4.78, 5) is 29.2. The van der Waals surface area contributed by atoms with Gasteiger partial charge in [0.15, 0.2) is 0 Å². The van der Waals surface area contributed by atoms with Crippen LogP contribution >= 0.6 is 0 Å². The van der Waals surface area contributed by atoms with Crippen molar-refractivity contribution in [1.29, 1.82) is 0 Å². The third kappa shape index (κ3) is 2.85. The first-order valence-electron chi connectivity index (χ1n) is 8.77. The molecule has 2 aromatic heterocycles. The SMILES string of the molecule is Cn1cc(C(=O)N2CCCN(C(=O)c3ccn[nH]3)CC2)c2ccccc21. The molecule has 0 unspecified atom stereocenters. The van der Waals surface area contributed by atoms with Crippen molar-refractivity contribution in [1.82, 2.24) is 24.6 Å². The van der Waals surface area contributed by atoms with Gasteiger partial charge in [0.05, 0.1) is 5.56 Å². The highest BCUT2D eigenvalue weighted by Crippen LogP contribution is 2.22. The Morgan fingerprint density at radius 1 is 1.00 bits per heavy atom. The van der Waals surface area contributed by atoms with Gasteiger partial charge in [-0.1, -0.05) is 18.2 Å². The molecule has 0 bridgehead atoms. The molecule has 1 aliphatic heterocycles. The average molecular weight is 351 g/mol. The van der Waals surface area contributed by atoms with Gasteiger partial charge in [0.2, 0.25) is 0 Å². The fraction of sp³-hybridized carbons (Fsp3) is 0.316. The van der Waals surface area contributed by atoms with Gasteiger partial charge in [-0.2, -0.15) is 5.10 Å². The van der Waals surface area contributed by atoms with Crippen molar-refractivity contribution in [2.75, 3.05) is 26.2 Å². The Labute approximate surface area is 151 Å². The second kappa shape index (κ2) is 6.67. The Bertz CT molecular complexity index is 944. The predicted molar refractivity (Wildman–Crippen MR) is 97.9 cm³/mol. The molecule has 134 valence electrons. The lowest BCUT2D eigenvalue weighted by molar-refractivity contribution is 0.0716. The number of aryl methyl sites for hydroxylation is 1. The fourth-order valence-electron chi connectivity index (χ4n) is 3.55. The van der Waals surface area contributed by atoms with Gasteiger partial charge < -0.3 is 14.4 Å². The number of aromatic nitrogens is 3. The highest BCUT2D eigenvalue weighted by molar-refractivity contribution is 6.07. The largest absolute Gasteiger partial charge is 0.350 e. The zero-order valence-corrected chi connectivity index (χ0v) is 14.7. The summed E-state index contributed by atoms with van der Waals surface area (Å²) in [5, 5.41) is 7.52. The number of hydrogen-bond donors (Lipinski definition) is 1. The number of amides is 2. The molecule has 7 heteroatoms. The van der Waals surface area contributed by atoms with Crippen LogP contribution in [0.15, 0.2) is 42.7 Å². The van der Waals surface area contributed by atoms with Crippen LogP contribution in [-0.4, -0.2) is 62.6 Å².